The Morgan fingerprint density at radius 2 is 2.15 bits per heavy atom. The first-order chi connectivity index (χ1) is 9.45. The lowest BCUT2D eigenvalue weighted by atomic mass is 10.2. The monoisotopic (exact) mass is 298 g/mol. The molecule has 2 rings (SSSR count). The Balaban J connectivity index is 2.39. The molecule has 6 nitrogen and oxygen atoms in total. The van der Waals surface area contributed by atoms with Crippen LogP contribution in [0.5, 0.6) is 0 Å². The van der Waals surface area contributed by atoms with Crippen molar-refractivity contribution in [2.75, 3.05) is 11.8 Å². The molecule has 1 aromatic carbocycles. The second kappa shape index (κ2) is 5.59. The number of halogens is 1. The summed E-state index contributed by atoms with van der Waals surface area (Å²) in [6.07, 6.45) is 1.42. The second-order valence-corrected chi connectivity index (χ2v) is 5.91. The van der Waals surface area contributed by atoms with Gasteiger partial charge < -0.3 is 5.32 Å². The van der Waals surface area contributed by atoms with E-state index >= 15 is 0 Å². The number of aromatic amines is 1. The Morgan fingerprint density at radius 1 is 1.40 bits per heavy atom. The minimum Gasteiger partial charge on any atom is -0.316 e. The number of sulfonamides is 1. The lowest BCUT2D eigenvalue weighted by molar-refractivity contribution is 0.592. The van der Waals surface area contributed by atoms with E-state index in [0.717, 1.165) is 0 Å². The minimum absolute atomic E-state index is 0.0579. The molecular weight excluding hydrogens is 283 g/mol. The molecule has 0 bridgehead atoms. The summed E-state index contributed by atoms with van der Waals surface area (Å²) in [7, 11) is -2.22. The fraction of sp³-hybridized carbons (Fsp3) is 0.250. The van der Waals surface area contributed by atoms with Crippen LogP contribution in [0, 0.1) is 12.7 Å². The molecule has 0 amide bonds. The molecule has 0 fully saturated rings. The summed E-state index contributed by atoms with van der Waals surface area (Å²) in [5.41, 5.74) is 0.926. The molecule has 2 aromatic rings. The normalized spacial score (nSPS) is 11.6. The summed E-state index contributed by atoms with van der Waals surface area (Å²) in [5.74, 6) is -0.622. The van der Waals surface area contributed by atoms with Gasteiger partial charge in [-0.25, -0.2) is 4.39 Å². The van der Waals surface area contributed by atoms with Gasteiger partial charge in [0, 0.05) is 12.1 Å². The quantitative estimate of drug-likeness (QED) is 0.778. The fourth-order valence-corrected chi connectivity index (χ4v) is 3.07. The third kappa shape index (κ3) is 2.81. The van der Waals surface area contributed by atoms with E-state index in [2.05, 4.69) is 20.2 Å². The van der Waals surface area contributed by atoms with E-state index in [1.165, 1.54) is 18.3 Å². The molecule has 0 atom stereocenters. The third-order valence-corrected chi connectivity index (χ3v) is 4.14. The van der Waals surface area contributed by atoms with Crippen molar-refractivity contribution in [1.82, 2.24) is 15.5 Å². The molecule has 108 valence electrons. The number of aromatic nitrogens is 2. The molecule has 1 aromatic heterocycles. The molecular formula is C12H15FN4O2S. The first-order valence-corrected chi connectivity index (χ1v) is 7.39. The van der Waals surface area contributed by atoms with Gasteiger partial charge in [0.1, 0.15) is 5.82 Å². The molecule has 0 aliphatic rings. The Morgan fingerprint density at radius 3 is 2.80 bits per heavy atom. The molecule has 0 aliphatic carbocycles. The van der Waals surface area contributed by atoms with Crippen molar-refractivity contribution in [3.8, 4) is 0 Å². The van der Waals surface area contributed by atoms with E-state index in [9.17, 15) is 12.8 Å². The predicted octanol–water partition coefficient (Wildman–Crippen LogP) is 1.38. The van der Waals surface area contributed by atoms with Crippen molar-refractivity contribution < 1.29 is 12.8 Å². The number of nitrogens with zero attached hydrogens (tertiary/aromatic N) is 1. The first-order valence-electron chi connectivity index (χ1n) is 5.90. The molecule has 3 N–H and O–H groups in total. The van der Waals surface area contributed by atoms with E-state index < -0.39 is 15.8 Å². The zero-order valence-electron chi connectivity index (χ0n) is 11.1. The van der Waals surface area contributed by atoms with Gasteiger partial charge in [0.25, 0.3) is 10.0 Å². The number of nitrogens with one attached hydrogen (secondary N) is 3. The molecule has 1 heterocycles. The van der Waals surface area contributed by atoms with Gasteiger partial charge in [0.15, 0.2) is 5.03 Å². The highest BCUT2D eigenvalue weighted by atomic mass is 32.2. The summed E-state index contributed by atoms with van der Waals surface area (Å²) in [6, 6.07) is 4.35. The Hall–Kier alpha value is -1.93. The van der Waals surface area contributed by atoms with E-state index in [1.54, 1.807) is 20.0 Å². The standard InChI is InChI=1S/C12H15FN4O2S/c1-8-4-3-5-10(13)11(8)17-20(18,19)12-9(6-14-2)7-15-16-12/h3-5,7,14,17H,6H2,1-2H3,(H,15,16). The van der Waals surface area contributed by atoms with E-state index in [4.69, 9.17) is 0 Å². The summed E-state index contributed by atoms with van der Waals surface area (Å²) in [5, 5.41) is 8.91. The molecule has 8 heteroatoms. The van der Waals surface area contributed by atoms with Gasteiger partial charge in [-0.05, 0) is 25.6 Å². The van der Waals surface area contributed by atoms with Gasteiger partial charge in [0.05, 0.1) is 11.9 Å². The predicted molar refractivity (Wildman–Crippen MR) is 73.3 cm³/mol. The number of benzene rings is 1. The maximum absolute atomic E-state index is 13.7. The molecule has 0 radical (unpaired) electrons. The van der Waals surface area contributed by atoms with Crippen molar-refractivity contribution in [2.45, 2.75) is 18.5 Å². The number of rotatable bonds is 5. The van der Waals surface area contributed by atoms with Gasteiger partial charge in [-0.2, -0.15) is 13.5 Å². The average molecular weight is 298 g/mol. The summed E-state index contributed by atoms with van der Waals surface area (Å²) >= 11 is 0. The number of hydrogen-bond acceptors (Lipinski definition) is 4. The van der Waals surface area contributed by atoms with Gasteiger partial charge in [-0.15, -0.1) is 0 Å². The lowest BCUT2D eigenvalue weighted by Gasteiger charge is -2.11. The van der Waals surface area contributed by atoms with E-state index in [-0.39, 0.29) is 10.7 Å². The number of para-hydroxylation sites is 1. The molecule has 0 spiro atoms. The van der Waals surface area contributed by atoms with E-state index in [0.29, 0.717) is 17.7 Å². The largest absolute Gasteiger partial charge is 0.316 e. The number of hydrogen-bond donors (Lipinski definition) is 3. The lowest BCUT2D eigenvalue weighted by Crippen LogP contribution is -2.18. The summed E-state index contributed by atoms with van der Waals surface area (Å²) in [6.45, 7) is 1.96. The molecule has 0 saturated heterocycles. The van der Waals surface area contributed by atoms with Crippen molar-refractivity contribution in [1.29, 1.82) is 0 Å². The zero-order valence-corrected chi connectivity index (χ0v) is 11.9. The Labute approximate surface area is 116 Å². The molecule has 0 aliphatic heterocycles. The molecule has 0 unspecified atom stereocenters. The van der Waals surface area contributed by atoms with E-state index in [1.807, 2.05) is 0 Å². The highest BCUT2D eigenvalue weighted by Gasteiger charge is 2.22. The van der Waals surface area contributed by atoms with Crippen molar-refractivity contribution >= 4 is 15.7 Å². The Kier molecular flexibility index (Phi) is 4.05. The van der Waals surface area contributed by atoms with Crippen LogP contribution in [0.1, 0.15) is 11.1 Å². The second-order valence-electron chi connectivity index (χ2n) is 4.29. The van der Waals surface area contributed by atoms with Crippen LogP contribution >= 0.6 is 0 Å². The number of aryl methyl sites for hydroxylation is 1. The van der Waals surface area contributed by atoms with Gasteiger partial charge >= 0.3 is 0 Å². The van der Waals surface area contributed by atoms with Crippen LogP contribution < -0.4 is 10.0 Å². The fourth-order valence-electron chi connectivity index (χ4n) is 1.79. The number of anilines is 1. The highest BCUT2D eigenvalue weighted by molar-refractivity contribution is 7.92. The van der Waals surface area contributed by atoms with Crippen LogP contribution in [-0.4, -0.2) is 25.7 Å². The molecule has 0 saturated carbocycles. The first kappa shape index (κ1) is 14.5. The highest BCUT2D eigenvalue weighted by Crippen LogP contribution is 2.23. The Bertz CT molecular complexity index is 692. The SMILES string of the molecule is CNCc1cn[nH]c1S(=O)(=O)Nc1c(C)cccc1F. The maximum atomic E-state index is 13.7. The third-order valence-electron chi connectivity index (χ3n) is 2.77. The van der Waals surface area contributed by atoms with Crippen LogP contribution in [0.3, 0.4) is 0 Å². The summed E-state index contributed by atoms with van der Waals surface area (Å²) in [4.78, 5) is 0. The van der Waals surface area contributed by atoms with Crippen LogP contribution in [0.15, 0.2) is 29.4 Å². The maximum Gasteiger partial charge on any atom is 0.279 e. The van der Waals surface area contributed by atoms with Crippen LogP contribution in [0.4, 0.5) is 10.1 Å². The summed E-state index contributed by atoms with van der Waals surface area (Å²) < 4.78 is 40.5. The van der Waals surface area contributed by atoms with Gasteiger partial charge in [-0.3, -0.25) is 9.82 Å². The van der Waals surface area contributed by atoms with Gasteiger partial charge in [0.2, 0.25) is 0 Å². The van der Waals surface area contributed by atoms with Crippen molar-refractivity contribution in [3.05, 3.63) is 41.3 Å². The van der Waals surface area contributed by atoms with Crippen molar-refractivity contribution in [2.24, 2.45) is 0 Å². The average Bonchev–Trinajstić information content (AvgIpc) is 2.84. The molecule has 20 heavy (non-hydrogen) atoms. The topological polar surface area (TPSA) is 86.9 Å². The minimum atomic E-state index is -3.92. The zero-order chi connectivity index (χ0) is 14.8. The van der Waals surface area contributed by atoms with Gasteiger partial charge in [-0.1, -0.05) is 12.1 Å². The van der Waals surface area contributed by atoms with Crippen molar-refractivity contribution in [3.63, 3.8) is 0 Å². The smallest absolute Gasteiger partial charge is 0.279 e. The van der Waals surface area contributed by atoms with Crippen LogP contribution in [0.25, 0.3) is 0 Å². The number of H-pyrrole nitrogens is 1. The van der Waals surface area contributed by atoms with Crippen LogP contribution in [-0.2, 0) is 16.6 Å². The van der Waals surface area contributed by atoms with Crippen LogP contribution in [0.2, 0.25) is 0 Å².